The van der Waals surface area contributed by atoms with Crippen LogP contribution in [0.3, 0.4) is 0 Å². The molecule has 1 saturated heterocycles. The molecule has 0 unspecified atom stereocenters. The summed E-state index contributed by atoms with van der Waals surface area (Å²) in [5.74, 6) is -0.509. The number of hydrogen-bond acceptors (Lipinski definition) is 4. The molecular weight excluding hydrogens is 266 g/mol. The van der Waals surface area contributed by atoms with Gasteiger partial charge in [-0.2, -0.15) is 0 Å². The van der Waals surface area contributed by atoms with Gasteiger partial charge in [-0.25, -0.2) is 0 Å². The summed E-state index contributed by atoms with van der Waals surface area (Å²) >= 11 is 0. The molecular formula is C16H23N3O2. The maximum atomic E-state index is 12.0. The summed E-state index contributed by atoms with van der Waals surface area (Å²) in [5.41, 5.74) is 2.47. The Bertz CT molecular complexity index is 567. The van der Waals surface area contributed by atoms with Crippen molar-refractivity contribution in [3.63, 3.8) is 0 Å². The first-order valence-corrected chi connectivity index (χ1v) is 7.28. The van der Waals surface area contributed by atoms with Gasteiger partial charge in [0.2, 0.25) is 5.91 Å². The van der Waals surface area contributed by atoms with Gasteiger partial charge in [0.15, 0.2) is 0 Å². The average molecular weight is 289 g/mol. The van der Waals surface area contributed by atoms with Gasteiger partial charge >= 0.3 is 0 Å². The molecule has 0 aromatic heterocycles. The van der Waals surface area contributed by atoms with Crippen LogP contribution in [-0.4, -0.2) is 30.4 Å². The second-order valence-electron chi connectivity index (χ2n) is 5.92. The highest BCUT2D eigenvalue weighted by atomic mass is 16.2. The van der Waals surface area contributed by atoms with E-state index in [0.29, 0.717) is 0 Å². The van der Waals surface area contributed by atoms with Crippen molar-refractivity contribution in [2.24, 2.45) is 0 Å². The Kier molecular flexibility index (Phi) is 4.32. The maximum Gasteiger partial charge on any atom is 0.251 e. The van der Waals surface area contributed by atoms with Crippen LogP contribution in [0, 0.1) is 6.92 Å². The molecule has 1 aliphatic rings. The fourth-order valence-corrected chi connectivity index (χ4v) is 2.57. The number of nitrogens with zero attached hydrogens (tertiary/aromatic N) is 1. The van der Waals surface area contributed by atoms with Crippen LogP contribution in [-0.2, 0) is 16.1 Å². The second-order valence-corrected chi connectivity index (χ2v) is 5.92. The lowest BCUT2D eigenvalue weighted by atomic mass is 9.96. The molecule has 5 heteroatoms. The van der Waals surface area contributed by atoms with Gasteiger partial charge in [0.25, 0.3) is 5.91 Å². The highest BCUT2D eigenvalue weighted by Gasteiger charge is 2.41. The largest absolute Gasteiger partial charge is 0.348 e. The van der Waals surface area contributed by atoms with Crippen LogP contribution < -0.4 is 15.5 Å². The number of carbonyl (C=O) groups is 2. The minimum atomic E-state index is -0.734. The fraction of sp³-hybridized carbons (Fsp3) is 0.500. The van der Waals surface area contributed by atoms with Crippen LogP contribution >= 0.6 is 0 Å². The standard InChI is InChI=1S/C16H23N3O2/c1-5-17-9-12-6-7-13(11(2)8-12)19-10-14(20)18-15(21)16(19,3)4/h6-8,17H,5,9-10H2,1-4H3,(H,18,20,21). The zero-order valence-corrected chi connectivity index (χ0v) is 13.1. The number of imide groups is 1. The zero-order chi connectivity index (χ0) is 15.6. The topological polar surface area (TPSA) is 61.4 Å². The van der Waals surface area contributed by atoms with Gasteiger partial charge < -0.3 is 10.2 Å². The number of anilines is 1. The van der Waals surface area contributed by atoms with Gasteiger partial charge in [-0.05, 0) is 44.5 Å². The Labute approximate surface area is 125 Å². The first-order chi connectivity index (χ1) is 9.86. The van der Waals surface area contributed by atoms with E-state index in [1.807, 2.05) is 37.8 Å². The number of benzene rings is 1. The number of carbonyl (C=O) groups excluding carboxylic acids is 2. The van der Waals surface area contributed by atoms with Crippen molar-refractivity contribution in [3.8, 4) is 0 Å². The van der Waals surface area contributed by atoms with Crippen molar-refractivity contribution < 1.29 is 9.59 Å². The van der Waals surface area contributed by atoms with Gasteiger partial charge in [0, 0.05) is 12.2 Å². The lowest BCUT2D eigenvalue weighted by Gasteiger charge is -2.42. The van der Waals surface area contributed by atoms with E-state index >= 15 is 0 Å². The van der Waals surface area contributed by atoms with Gasteiger partial charge in [0.1, 0.15) is 5.54 Å². The summed E-state index contributed by atoms with van der Waals surface area (Å²) in [4.78, 5) is 25.6. The molecule has 0 atom stereocenters. The average Bonchev–Trinajstić information content (AvgIpc) is 2.41. The third-order valence-corrected chi connectivity index (χ3v) is 3.92. The normalized spacial score (nSPS) is 17.8. The lowest BCUT2D eigenvalue weighted by molar-refractivity contribution is -0.135. The van der Waals surface area contributed by atoms with Crippen LogP contribution in [0.4, 0.5) is 5.69 Å². The second kappa shape index (κ2) is 5.85. The first-order valence-electron chi connectivity index (χ1n) is 7.28. The van der Waals surface area contributed by atoms with Crippen molar-refractivity contribution in [2.45, 2.75) is 39.8 Å². The molecule has 21 heavy (non-hydrogen) atoms. The molecule has 1 aliphatic heterocycles. The molecule has 0 spiro atoms. The quantitative estimate of drug-likeness (QED) is 0.821. The van der Waals surface area contributed by atoms with Crippen molar-refractivity contribution in [1.29, 1.82) is 0 Å². The highest BCUT2D eigenvalue weighted by molar-refractivity contribution is 6.06. The number of nitrogens with one attached hydrogen (secondary N) is 2. The van der Waals surface area contributed by atoms with Gasteiger partial charge in [-0.15, -0.1) is 0 Å². The Balaban J connectivity index is 2.31. The van der Waals surface area contributed by atoms with Crippen molar-refractivity contribution in [3.05, 3.63) is 29.3 Å². The van der Waals surface area contributed by atoms with Gasteiger partial charge in [0.05, 0.1) is 6.54 Å². The van der Waals surface area contributed by atoms with E-state index in [1.54, 1.807) is 0 Å². The van der Waals surface area contributed by atoms with Crippen LogP contribution in [0.1, 0.15) is 31.9 Å². The van der Waals surface area contributed by atoms with Crippen LogP contribution in [0.2, 0.25) is 0 Å². The predicted molar refractivity (Wildman–Crippen MR) is 83.1 cm³/mol. The van der Waals surface area contributed by atoms with Crippen molar-refractivity contribution in [2.75, 3.05) is 18.0 Å². The highest BCUT2D eigenvalue weighted by Crippen LogP contribution is 2.29. The predicted octanol–water partition coefficient (Wildman–Crippen LogP) is 1.35. The molecule has 0 aliphatic carbocycles. The van der Waals surface area contributed by atoms with Crippen molar-refractivity contribution in [1.82, 2.24) is 10.6 Å². The molecule has 2 rings (SSSR count). The smallest absolute Gasteiger partial charge is 0.251 e. The molecule has 5 nitrogen and oxygen atoms in total. The summed E-state index contributed by atoms with van der Waals surface area (Å²) in [5, 5.41) is 5.69. The first kappa shape index (κ1) is 15.5. The van der Waals surface area contributed by atoms with E-state index in [1.165, 1.54) is 5.56 Å². The number of amides is 2. The molecule has 2 N–H and O–H groups in total. The number of aryl methyl sites for hydroxylation is 1. The molecule has 0 saturated carbocycles. The summed E-state index contributed by atoms with van der Waals surface area (Å²) in [6, 6.07) is 6.14. The summed E-state index contributed by atoms with van der Waals surface area (Å²) in [7, 11) is 0. The molecule has 1 aromatic rings. The Morgan fingerprint density at radius 3 is 2.67 bits per heavy atom. The monoisotopic (exact) mass is 289 g/mol. The van der Waals surface area contributed by atoms with Crippen LogP contribution in [0.15, 0.2) is 18.2 Å². The molecule has 1 fully saturated rings. The summed E-state index contributed by atoms with van der Waals surface area (Å²) in [6.45, 7) is 9.70. The molecule has 1 heterocycles. The van der Waals surface area contributed by atoms with E-state index in [9.17, 15) is 9.59 Å². The van der Waals surface area contributed by atoms with Gasteiger partial charge in [-0.1, -0.05) is 19.1 Å². The molecule has 2 amide bonds. The third kappa shape index (κ3) is 3.08. The lowest BCUT2D eigenvalue weighted by Crippen LogP contribution is -2.64. The third-order valence-electron chi connectivity index (χ3n) is 3.92. The Morgan fingerprint density at radius 1 is 1.33 bits per heavy atom. The molecule has 1 aromatic carbocycles. The van der Waals surface area contributed by atoms with Gasteiger partial charge in [-0.3, -0.25) is 14.9 Å². The minimum Gasteiger partial charge on any atom is -0.348 e. The molecule has 114 valence electrons. The Hall–Kier alpha value is -1.88. The maximum absolute atomic E-state index is 12.0. The molecule has 0 bridgehead atoms. The van der Waals surface area contributed by atoms with E-state index < -0.39 is 5.54 Å². The summed E-state index contributed by atoms with van der Waals surface area (Å²) in [6.07, 6.45) is 0. The minimum absolute atomic E-state index is 0.201. The van der Waals surface area contributed by atoms with Crippen molar-refractivity contribution >= 4 is 17.5 Å². The molecule has 0 radical (unpaired) electrons. The number of rotatable bonds is 4. The number of piperazine rings is 1. The SMILES string of the molecule is CCNCc1ccc(N2CC(=O)NC(=O)C2(C)C)c(C)c1. The number of hydrogen-bond donors (Lipinski definition) is 2. The zero-order valence-electron chi connectivity index (χ0n) is 13.1. The van der Waals surface area contributed by atoms with E-state index in [4.69, 9.17) is 0 Å². The fourth-order valence-electron chi connectivity index (χ4n) is 2.57. The van der Waals surface area contributed by atoms with E-state index in [2.05, 4.69) is 23.6 Å². The van der Waals surface area contributed by atoms with Crippen LogP contribution in [0.5, 0.6) is 0 Å². The Morgan fingerprint density at radius 2 is 2.05 bits per heavy atom. The van der Waals surface area contributed by atoms with E-state index in [0.717, 1.165) is 24.3 Å². The van der Waals surface area contributed by atoms with E-state index in [-0.39, 0.29) is 18.4 Å². The van der Waals surface area contributed by atoms with Crippen LogP contribution in [0.25, 0.3) is 0 Å². The summed E-state index contributed by atoms with van der Waals surface area (Å²) < 4.78 is 0.